The van der Waals surface area contributed by atoms with Crippen LogP contribution >= 0.6 is 0 Å². The number of benzene rings is 6. The molecule has 0 aromatic heterocycles. The SMILES string of the molecule is [C-]#[N+]c1c(C#N)c(C#N)c(C#N)c(C#N)c1-c1ccc2c(c1)-c1cccc3c(-c4ccc5c(c4)C(C)(C)c4ccccc4-5)ccc-2c13. The minimum Gasteiger partial charge on any atom is -0.236 e. The molecule has 0 saturated heterocycles. The van der Waals surface area contributed by atoms with Crippen LogP contribution in [0.3, 0.4) is 0 Å². The molecule has 6 aromatic carbocycles. The Morgan fingerprint density at radius 3 is 1.87 bits per heavy atom. The van der Waals surface area contributed by atoms with E-state index >= 15 is 0 Å². The fraction of sp³-hybridized carbons (Fsp3) is 0.0714. The molecule has 0 saturated carbocycles. The predicted octanol–water partition coefficient (Wildman–Crippen LogP) is 10.2. The highest BCUT2D eigenvalue weighted by Gasteiger charge is 2.35. The lowest BCUT2D eigenvalue weighted by Gasteiger charge is -2.22. The van der Waals surface area contributed by atoms with Gasteiger partial charge in [-0.3, -0.25) is 0 Å². The Morgan fingerprint density at radius 1 is 0.532 bits per heavy atom. The standard InChI is InChI=1S/C42H21N5/c1-42(2)37-10-5-4-7-27(37)28-14-11-23(18-38(28)42)25-15-16-31-26-13-12-24(17-32(26)30-9-6-8-29(25)40(30)31)39-35(21-45)33(19-43)34(20-44)36(22-46)41(39)47-3/h4-18H,1-2H3. The first-order valence-corrected chi connectivity index (χ1v) is 15.0. The van der Waals surface area contributed by atoms with Gasteiger partial charge in [0.25, 0.3) is 0 Å². The molecule has 0 unspecified atom stereocenters. The summed E-state index contributed by atoms with van der Waals surface area (Å²) in [6, 6.07) is 39.5. The summed E-state index contributed by atoms with van der Waals surface area (Å²) >= 11 is 0. The summed E-state index contributed by atoms with van der Waals surface area (Å²) in [6.07, 6.45) is 0. The van der Waals surface area contributed by atoms with Gasteiger partial charge in [0, 0.05) is 11.0 Å². The van der Waals surface area contributed by atoms with Gasteiger partial charge in [0.1, 0.15) is 12.1 Å². The zero-order valence-corrected chi connectivity index (χ0v) is 25.4. The molecule has 0 spiro atoms. The van der Waals surface area contributed by atoms with Crippen LogP contribution in [0.15, 0.2) is 91.0 Å². The number of hydrogen-bond donors (Lipinski definition) is 0. The van der Waals surface area contributed by atoms with Crippen molar-refractivity contribution in [1.29, 1.82) is 21.0 Å². The minimum absolute atomic E-state index is 0.0771. The summed E-state index contributed by atoms with van der Waals surface area (Å²) in [6.45, 7) is 12.5. The lowest BCUT2D eigenvalue weighted by atomic mass is 9.81. The van der Waals surface area contributed by atoms with Gasteiger partial charge in [0.2, 0.25) is 5.69 Å². The quantitative estimate of drug-likeness (QED) is 0.186. The number of nitrogens with zero attached hydrogens (tertiary/aromatic N) is 5. The fourth-order valence-electron chi connectivity index (χ4n) is 7.71. The van der Waals surface area contributed by atoms with Crippen LogP contribution < -0.4 is 0 Å². The Labute approximate surface area is 271 Å². The maximum atomic E-state index is 10.1. The Bertz CT molecular complexity index is 2600. The molecule has 0 bridgehead atoms. The van der Waals surface area contributed by atoms with Crippen LogP contribution in [-0.2, 0) is 5.41 Å². The van der Waals surface area contributed by atoms with Crippen LogP contribution in [0.1, 0.15) is 47.2 Å². The molecule has 2 aliphatic carbocycles. The average Bonchev–Trinajstić information content (AvgIpc) is 3.55. The van der Waals surface area contributed by atoms with E-state index in [4.69, 9.17) is 6.57 Å². The molecule has 0 radical (unpaired) electrons. The maximum Gasteiger partial charge on any atom is 0.215 e. The highest BCUT2D eigenvalue weighted by molar-refractivity contribution is 6.19. The van der Waals surface area contributed by atoms with E-state index in [9.17, 15) is 21.0 Å². The predicted molar refractivity (Wildman–Crippen MR) is 182 cm³/mol. The normalized spacial score (nSPS) is 12.5. The topological polar surface area (TPSA) is 99.5 Å². The van der Waals surface area contributed by atoms with Gasteiger partial charge in [0.15, 0.2) is 0 Å². The van der Waals surface area contributed by atoms with Crippen LogP contribution in [-0.4, -0.2) is 0 Å². The van der Waals surface area contributed by atoms with E-state index < -0.39 is 0 Å². The number of rotatable bonds is 2. The van der Waals surface area contributed by atoms with E-state index in [0.29, 0.717) is 5.56 Å². The second kappa shape index (κ2) is 9.77. The molecule has 0 N–H and O–H groups in total. The van der Waals surface area contributed by atoms with Gasteiger partial charge in [0.05, 0.1) is 41.0 Å². The number of hydrogen-bond acceptors (Lipinski definition) is 4. The summed E-state index contributed by atoms with van der Waals surface area (Å²) in [7, 11) is 0. The highest BCUT2D eigenvalue weighted by Crippen LogP contribution is 2.53. The molecule has 0 amide bonds. The van der Waals surface area contributed by atoms with E-state index in [1.54, 1.807) is 0 Å². The molecule has 0 aliphatic heterocycles. The third kappa shape index (κ3) is 3.54. The van der Waals surface area contributed by atoms with Gasteiger partial charge < -0.3 is 0 Å². The molecule has 6 aromatic rings. The van der Waals surface area contributed by atoms with Crippen molar-refractivity contribution in [2.24, 2.45) is 0 Å². The van der Waals surface area contributed by atoms with Gasteiger partial charge in [-0.25, -0.2) is 4.85 Å². The van der Waals surface area contributed by atoms with Crippen molar-refractivity contribution >= 4 is 16.5 Å². The Morgan fingerprint density at radius 2 is 1.13 bits per heavy atom. The first-order chi connectivity index (χ1) is 22.9. The fourth-order valence-corrected chi connectivity index (χ4v) is 7.71. The summed E-state index contributed by atoms with van der Waals surface area (Å²) < 4.78 is 0. The van der Waals surface area contributed by atoms with Crippen LogP contribution in [0.2, 0.25) is 0 Å². The summed E-state index contributed by atoms with van der Waals surface area (Å²) in [5.74, 6) is 0. The van der Waals surface area contributed by atoms with E-state index in [2.05, 4.69) is 91.5 Å². The van der Waals surface area contributed by atoms with Gasteiger partial charge in [-0.05, 0) is 84.1 Å². The van der Waals surface area contributed by atoms with Crippen LogP contribution in [0.25, 0.3) is 71.3 Å². The second-order valence-electron chi connectivity index (χ2n) is 12.4. The van der Waals surface area contributed by atoms with Crippen molar-refractivity contribution in [2.45, 2.75) is 19.3 Å². The molecule has 0 heterocycles. The van der Waals surface area contributed by atoms with E-state index in [-0.39, 0.29) is 38.9 Å². The Hall–Kier alpha value is -6.97. The van der Waals surface area contributed by atoms with Crippen molar-refractivity contribution in [3.63, 3.8) is 0 Å². The second-order valence-corrected chi connectivity index (χ2v) is 12.4. The molecule has 8 rings (SSSR count). The minimum atomic E-state index is -0.244. The van der Waals surface area contributed by atoms with Gasteiger partial charge in [-0.1, -0.05) is 92.7 Å². The molecular formula is C42H21N5. The summed E-state index contributed by atoms with van der Waals surface area (Å²) in [5, 5.41) is 41.9. The van der Waals surface area contributed by atoms with Crippen molar-refractivity contribution in [3.8, 4) is 79.9 Å². The van der Waals surface area contributed by atoms with Crippen molar-refractivity contribution < 1.29 is 0 Å². The first kappa shape index (κ1) is 27.6. The molecular weight excluding hydrogens is 574 g/mol. The third-order valence-corrected chi connectivity index (χ3v) is 9.86. The molecule has 2 aliphatic rings. The lowest BCUT2D eigenvalue weighted by molar-refractivity contribution is 0.660. The van der Waals surface area contributed by atoms with Crippen LogP contribution in [0.4, 0.5) is 5.69 Å². The Kier molecular flexibility index (Phi) is 5.73. The lowest BCUT2D eigenvalue weighted by Crippen LogP contribution is -2.14. The molecule has 214 valence electrons. The molecule has 0 atom stereocenters. The van der Waals surface area contributed by atoms with E-state index in [1.165, 1.54) is 22.3 Å². The molecule has 0 fully saturated rings. The van der Waals surface area contributed by atoms with E-state index in [0.717, 1.165) is 44.2 Å². The van der Waals surface area contributed by atoms with Crippen LogP contribution in [0.5, 0.6) is 0 Å². The van der Waals surface area contributed by atoms with Gasteiger partial charge in [-0.2, -0.15) is 21.0 Å². The molecule has 5 heteroatoms. The third-order valence-electron chi connectivity index (χ3n) is 9.86. The largest absolute Gasteiger partial charge is 0.236 e. The van der Waals surface area contributed by atoms with Crippen molar-refractivity contribution in [2.75, 3.05) is 0 Å². The zero-order valence-electron chi connectivity index (χ0n) is 25.4. The summed E-state index contributed by atoms with van der Waals surface area (Å²) in [5.41, 5.74) is 11.4. The first-order valence-electron chi connectivity index (χ1n) is 15.0. The monoisotopic (exact) mass is 595 g/mol. The summed E-state index contributed by atoms with van der Waals surface area (Å²) in [4.78, 5) is 3.59. The maximum absolute atomic E-state index is 10.1. The van der Waals surface area contributed by atoms with Gasteiger partial charge >= 0.3 is 0 Å². The molecule has 47 heavy (non-hydrogen) atoms. The van der Waals surface area contributed by atoms with Crippen molar-refractivity contribution in [3.05, 3.63) is 136 Å². The van der Waals surface area contributed by atoms with Crippen molar-refractivity contribution in [1.82, 2.24) is 0 Å². The smallest absolute Gasteiger partial charge is 0.215 e. The van der Waals surface area contributed by atoms with Gasteiger partial charge in [-0.15, -0.1) is 0 Å². The number of nitriles is 4. The highest BCUT2D eigenvalue weighted by atomic mass is 14.7. The van der Waals surface area contributed by atoms with E-state index in [1.807, 2.05) is 42.5 Å². The average molecular weight is 596 g/mol. The zero-order chi connectivity index (χ0) is 32.6. The number of fused-ring (bicyclic) bond motifs is 6. The molecule has 5 nitrogen and oxygen atoms in total. The Balaban J connectivity index is 1.32. The van der Waals surface area contributed by atoms with Crippen LogP contribution in [0, 0.1) is 51.9 Å².